The number of benzene rings is 2. The van der Waals surface area contributed by atoms with Crippen LogP contribution in [-0.2, 0) is 19.1 Å². The van der Waals surface area contributed by atoms with Crippen LogP contribution in [-0.4, -0.2) is 25.2 Å². The van der Waals surface area contributed by atoms with Crippen LogP contribution in [0.15, 0.2) is 60.7 Å². The van der Waals surface area contributed by atoms with E-state index < -0.39 is 0 Å². The van der Waals surface area contributed by atoms with E-state index in [0.29, 0.717) is 13.2 Å². The minimum atomic E-state index is -0.356. The van der Waals surface area contributed by atoms with Gasteiger partial charge in [0.1, 0.15) is 0 Å². The fourth-order valence-electron chi connectivity index (χ4n) is 1.93. The van der Waals surface area contributed by atoms with E-state index in [9.17, 15) is 9.59 Å². The Morgan fingerprint density at radius 3 is 1.29 bits per heavy atom. The van der Waals surface area contributed by atoms with Crippen LogP contribution >= 0.6 is 0 Å². The van der Waals surface area contributed by atoms with E-state index in [4.69, 9.17) is 0 Å². The summed E-state index contributed by atoms with van der Waals surface area (Å²) in [5.41, 5.74) is 2.55. The highest BCUT2D eigenvalue weighted by atomic mass is 16.5. The number of carbonyl (C=O) groups is 2. The molecule has 0 fully saturated rings. The molecule has 4 nitrogen and oxygen atoms in total. The van der Waals surface area contributed by atoms with Crippen molar-refractivity contribution in [2.45, 2.75) is 26.7 Å². The molecule has 2 aromatic rings. The van der Waals surface area contributed by atoms with Gasteiger partial charge in [-0.05, 0) is 25.0 Å². The Labute approximate surface area is 143 Å². The van der Waals surface area contributed by atoms with Gasteiger partial charge in [0.2, 0.25) is 0 Å². The lowest BCUT2D eigenvalue weighted by molar-refractivity contribution is -0.149. The average Bonchev–Trinajstić information content (AvgIpc) is 2.63. The highest BCUT2D eigenvalue weighted by Gasteiger charge is 2.07. The summed E-state index contributed by atoms with van der Waals surface area (Å²) >= 11 is 0. The maximum atomic E-state index is 10.7. The molecule has 0 aliphatic rings. The van der Waals surface area contributed by atoms with Crippen LogP contribution in [0.5, 0.6) is 0 Å². The molecule has 0 spiro atoms. The summed E-state index contributed by atoms with van der Waals surface area (Å²) in [4.78, 5) is 21.4. The van der Waals surface area contributed by atoms with E-state index in [2.05, 4.69) is 58.0 Å². The number of carbonyl (C=O) groups excluding carboxylic acids is 2. The number of ether oxygens (including phenoxy) is 2. The number of hydrogen-bond acceptors (Lipinski definition) is 4. The molecular weight excluding hydrogens is 304 g/mol. The monoisotopic (exact) mass is 328 g/mol. The van der Waals surface area contributed by atoms with Crippen LogP contribution in [0.1, 0.15) is 26.7 Å². The summed E-state index contributed by atoms with van der Waals surface area (Å²) in [6.07, 6.45) is 0.208. The molecule has 0 aliphatic carbocycles. The van der Waals surface area contributed by atoms with Crippen molar-refractivity contribution in [3.05, 3.63) is 60.7 Å². The second-order valence-electron chi connectivity index (χ2n) is 4.84. The zero-order chi connectivity index (χ0) is 17.6. The van der Waals surface area contributed by atoms with Crippen LogP contribution in [0.4, 0.5) is 0 Å². The van der Waals surface area contributed by atoms with Crippen molar-refractivity contribution < 1.29 is 19.1 Å². The van der Waals surface area contributed by atoms with Gasteiger partial charge in [0.25, 0.3) is 0 Å². The summed E-state index contributed by atoms with van der Waals surface area (Å²) in [6, 6.07) is 20.8. The summed E-state index contributed by atoms with van der Waals surface area (Å²) in [7, 11) is 0. The van der Waals surface area contributed by atoms with Gasteiger partial charge < -0.3 is 9.47 Å². The quantitative estimate of drug-likeness (QED) is 0.744. The summed E-state index contributed by atoms with van der Waals surface area (Å²) in [6.45, 7) is 4.15. The molecule has 0 aliphatic heterocycles. The van der Waals surface area contributed by atoms with Crippen molar-refractivity contribution in [2.24, 2.45) is 0 Å². The van der Waals surface area contributed by atoms with E-state index >= 15 is 0 Å². The average molecular weight is 328 g/mol. The molecule has 0 bridgehead atoms. The normalized spacial score (nSPS) is 9.42. The first kappa shape index (κ1) is 19.4. The smallest absolute Gasteiger partial charge is 0.306 e. The molecule has 0 unspecified atom stereocenters. The van der Waals surface area contributed by atoms with Crippen molar-refractivity contribution in [1.29, 1.82) is 0 Å². The van der Waals surface area contributed by atoms with Gasteiger partial charge in [-0.25, -0.2) is 0 Å². The predicted molar refractivity (Wildman–Crippen MR) is 94.4 cm³/mol. The van der Waals surface area contributed by atoms with E-state index in [0.717, 1.165) is 0 Å². The molecule has 2 aromatic carbocycles. The van der Waals surface area contributed by atoms with E-state index in [-0.39, 0.29) is 24.8 Å². The minimum Gasteiger partial charge on any atom is -0.466 e. The van der Waals surface area contributed by atoms with Crippen molar-refractivity contribution in [3.8, 4) is 11.1 Å². The second kappa shape index (κ2) is 11.9. The van der Waals surface area contributed by atoms with Gasteiger partial charge in [-0.15, -0.1) is 0 Å². The number of rotatable bonds is 6. The van der Waals surface area contributed by atoms with Gasteiger partial charge in [0.15, 0.2) is 0 Å². The van der Waals surface area contributed by atoms with Crippen molar-refractivity contribution in [1.82, 2.24) is 0 Å². The van der Waals surface area contributed by atoms with Crippen LogP contribution in [0, 0.1) is 0 Å². The Hall–Kier alpha value is -2.62. The SMILES string of the molecule is CCOC(=O)CCC(=O)OCC.c1ccc(-c2ccccc2)cc1. The summed E-state index contributed by atoms with van der Waals surface area (Å²) in [5.74, 6) is -0.712. The molecule has 0 radical (unpaired) electrons. The molecule has 128 valence electrons. The third-order valence-corrected chi connectivity index (χ3v) is 3.02. The lowest BCUT2D eigenvalue weighted by Gasteiger charge is -2.01. The Kier molecular flexibility index (Phi) is 9.62. The lowest BCUT2D eigenvalue weighted by atomic mass is 10.1. The Morgan fingerprint density at radius 1 is 0.667 bits per heavy atom. The maximum Gasteiger partial charge on any atom is 0.306 e. The third kappa shape index (κ3) is 8.13. The Balaban J connectivity index is 0.000000240. The molecule has 0 aromatic heterocycles. The summed E-state index contributed by atoms with van der Waals surface area (Å²) < 4.78 is 9.25. The Morgan fingerprint density at radius 2 is 1.00 bits per heavy atom. The van der Waals surface area contributed by atoms with Crippen LogP contribution in [0.25, 0.3) is 11.1 Å². The molecule has 2 rings (SSSR count). The van der Waals surface area contributed by atoms with Gasteiger partial charge in [-0.1, -0.05) is 60.7 Å². The van der Waals surface area contributed by atoms with Gasteiger partial charge in [-0.2, -0.15) is 0 Å². The molecule has 0 saturated heterocycles. The largest absolute Gasteiger partial charge is 0.466 e. The first-order chi connectivity index (χ1) is 11.7. The standard InChI is InChI=1S/C12H10.C8H14O4/c1-3-7-11(8-4-1)12-9-5-2-6-10-12;1-3-11-7(9)5-6-8(10)12-4-2/h1-10H;3-6H2,1-2H3. The predicted octanol–water partition coefficient (Wildman–Crippen LogP) is 4.25. The zero-order valence-electron chi connectivity index (χ0n) is 14.2. The van der Waals surface area contributed by atoms with Crippen LogP contribution < -0.4 is 0 Å². The van der Waals surface area contributed by atoms with Gasteiger partial charge >= 0.3 is 11.9 Å². The second-order valence-corrected chi connectivity index (χ2v) is 4.84. The molecule has 0 amide bonds. The first-order valence-electron chi connectivity index (χ1n) is 8.09. The van der Waals surface area contributed by atoms with Gasteiger partial charge in [-0.3, -0.25) is 9.59 Å². The molecule has 0 heterocycles. The molecule has 4 heteroatoms. The molecule has 0 atom stereocenters. The van der Waals surface area contributed by atoms with Gasteiger partial charge in [0.05, 0.1) is 26.1 Å². The zero-order valence-corrected chi connectivity index (χ0v) is 14.2. The van der Waals surface area contributed by atoms with Crippen LogP contribution in [0.3, 0.4) is 0 Å². The van der Waals surface area contributed by atoms with E-state index in [1.807, 2.05) is 12.1 Å². The minimum absolute atomic E-state index is 0.104. The van der Waals surface area contributed by atoms with Gasteiger partial charge in [0, 0.05) is 0 Å². The highest BCUT2D eigenvalue weighted by molar-refractivity contribution is 5.77. The molecule has 0 saturated carbocycles. The fraction of sp³-hybridized carbons (Fsp3) is 0.300. The highest BCUT2D eigenvalue weighted by Crippen LogP contribution is 2.17. The van der Waals surface area contributed by atoms with E-state index in [1.54, 1.807) is 13.8 Å². The number of esters is 2. The van der Waals surface area contributed by atoms with Crippen molar-refractivity contribution in [3.63, 3.8) is 0 Å². The van der Waals surface area contributed by atoms with Crippen molar-refractivity contribution in [2.75, 3.05) is 13.2 Å². The lowest BCUT2D eigenvalue weighted by Crippen LogP contribution is -2.09. The van der Waals surface area contributed by atoms with E-state index in [1.165, 1.54) is 11.1 Å². The number of hydrogen-bond donors (Lipinski definition) is 0. The first-order valence-corrected chi connectivity index (χ1v) is 8.09. The molecule has 24 heavy (non-hydrogen) atoms. The Bertz CT molecular complexity index is 538. The molecular formula is C20H24O4. The maximum absolute atomic E-state index is 10.7. The van der Waals surface area contributed by atoms with Crippen molar-refractivity contribution >= 4 is 11.9 Å². The topological polar surface area (TPSA) is 52.6 Å². The molecule has 0 N–H and O–H groups in total. The summed E-state index contributed by atoms with van der Waals surface area (Å²) in [5, 5.41) is 0. The van der Waals surface area contributed by atoms with Crippen LogP contribution in [0.2, 0.25) is 0 Å². The fourth-order valence-corrected chi connectivity index (χ4v) is 1.93. The third-order valence-electron chi connectivity index (χ3n) is 3.02.